The zero-order chi connectivity index (χ0) is 24.7. The fourth-order valence-corrected chi connectivity index (χ4v) is 4.89. The number of amides is 2. The lowest BCUT2D eigenvalue weighted by Crippen LogP contribution is -2.41. The van der Waals surface area contributed by atoms with Crippen LogP contribution in [-0.4, -0.2) is 68.2 Å². The van der Waals surface area contributed by atoms with Crippen molar-refractivity contribution in [1.82, 2.24) is 14.7 Å². The second-order valence-corrected chi connectivity index (χ2v) is 8.72. The maximum absolute atomic E-state index is 13.0. The number of carbonyl (C=O) groups excluding carboxylic acids is 2. The quantitative estimate of drug-likeness (QED) is 0.515. The van der Waals surface area contributed by atoms with E-state index in [4.69, 9.17) is 4.74 Å². The van der Waals surface area contributed by atoms with Crippen molar-refractivity contribution in [2.45, 2.75) is 24.5 Å². The highest BCUT2D eigenvalue weighted by Gasteiger charge is 2.41. The van der Waals surface area contributed by atoms with Gasteiger partial charge in [-0.3, -0.25) is 14.8 Å². The van der Waals surface area contributed by atoms with Gasteiger partial charge in [-0.25, -0.2) is 9.59 Å². The fraction of sp³-hybridized carbons (Fsp3) is 0.280. The summed E-state index contributed by atoms with van der Waals surface area (Å²) in [5.74, 6) is -2.02. The fourth-order valence-electron chi connectivity index (χ4n) is 4.89. The van der Waals surface area contributed by atoms with Gasteiger partial charge in [-0.05, 0) is 22.3 Å². The van der Waals surface area contributed by atoms with Gasteiger partial charge in [0.1, 0.15) is 12.6 Å². The molecule has 1 aromatic heterocycles. The molecule has 35 heavy (non-hydrogen) atoms. The van der Waals surface area contributed by atoms with Gasteiger partial charge in [0, 0.05) is 32.1 Å². The average Bonchev–Trinajstić information content (AvgIpc) is 3.50. The molecule has 3 N–H and O–H groups in total. The minimum atomic E-state index is -1.21. The molecule has 2 unspecified atom stereocenters. The molecular weight excluding hydrogens is 452 g/mol. The first kappa shape index (κ1) is 22.6. The molecule has 2 atom stereocenters. The Morgan fingerprint density at radius 1 is 1.09 bits per heavy atom. The number of anilines is 1. The van der Waals surface area contributed by atoms with Crippen molar-refractivity contribution >= 4 is 23.7 Å². The Morgan fingerprint density at radius 3 is 2.34 bits per heavy atom. The van der Waals surface area contributed by atoms with Crippen LogP contribution in [0.4, 0.5) is 10.5 Å². The molecule has 0 saturated carbocycles. The molecule has 3 aromatic rings. The number of ether oxygens (including phenoxy) is 1. The normalized spacial score (nSPS) is 18.7. The summed E-state index contributed by atoms with van der Waals surface area (Å²) in [7, 11) is 1.58. The summed E-state index contributed by atoms with van der Waals surface area (Å²) in [5, 5.41) is 26.0. The minimum Gasteiger partial charge on any atom is -0.480 e. The number of carbonyl (C=O) groups is 3. The van der Waals surface area contributed by atoms with Gasteiger partial charge in [0.15, 0.2) is 5.69 Å². The van der Waals surface area contributed by atoms with E-state index in [0.29, 0.717) is 0 Å². The topological polar surface area (TPSA) is 134 Å². The third kappa shape index (κ3) is 4.12. The summed E-state index contributed by atoms with van der Waals surface area (Å²) >= 11 is 0. The van der Waals surface area contributed by atoms with Gasteiger partial charge in [0.2, 0.25) is 0 Å². The number of hydrogen-bond acceptors (Lipinski definition) is 6. The molecule has 180 valence electrons. The number of rotatable bonds is 5. The van der Waals surface area contributed by atoms with Crippen LogP contribution in [-0.2, 0) is 16.6 Å². The van der Waals surface area contributed by atoms with Gasteiger partial charge >= 0.3 is 12.1 Å². The zero-order valence-electron chi connectivity index (χ0n) is 18.9. The Balaban J connectivity index is 1.31. The number of carboxylic acid groups (broad SMARTS) is 1. The molecule has 2 aliphatic rings. The van der Waals surface area contributed by atoms with Crippen LogP contribution < -0.4 is 5.32 Å². The number of nitrogens with zero attached hydrogens (tertiary/aromatic N) is 3. The first-order valence-corrected chi connectivity index (χ1v) is 11.2. The Morgan fingerprint density at radius 2 is 1.71 bits per heavy atom. The number of nitrogens with one attached hydrogen (secondary N) is 1. The van der Waals surface area contributed by atoms with Gasteiger partial charge in [0.05, 0.1) is 11.8 Å². The van der Waals surface area contributed by atoms with Crippen molar-refractivity contribution in [1.29, 1.82) is 0 Å². The molecule has 1 fully saturated rings. The van der Waals surface area contributed by atoms with Gasteiger partial charge in [-0.2, -0.15) is 5.10 Å². The van der Waals surface area contributed by atoms with Crippen molar-refractivity contribution in [2.24, 2.45) is 7.05 Å². The molecule has 2 aromatic carbocycles. The van der Waals surface area contributed by atoms with E-state index >= 15 is 0 Å². The van der Waals surface area contributed by atoms with E-state index < -0.39 is 30.1 Å². The Bertz CT molecular complexity index is 1270. The van der Waals surface area contributed by atoms with E-state index in [1.807, 2.05) is 48.5 Å². The van der Waals surface area contributed by atoms with Crippen LogP contribution in [0.15, 0.2) is 54.7 Å². The predicted octanol–water partition coefficient (Wildman–Crippen LogP) is 2.44. The molecule has 1 aliphatic heterocycles. The number of aliphatic hydroxyl groups excluding tert-OH is 1. The van der Waals surface area contributed by atoms with Crippen molar-refractivity contribution in [2.75, 3.05) is 18.5 Å². The van der Waals surface area contributed by atoms with E-state index in [1.54, 1.807) is 7.05 Å². The smallest absolute Gasteiger partial charge is 0.411 e. The molecule has 0 radical (unpaired) electrons. The number of β-amino-alcohol motifs (C(OH)–C–C–N with tert-alkyl or cyclic N) is 1. The first-order chi connectivity index (χ1) is 16.8. The second kappa shape index (κ2) is 8.88. The standard InChI is InChI=1S/C25H24N4O6/c1-28-12-20(22(27-28)23(31)29-11-14(30)10-21(29)24(32)33)26-25(34)35-13-19-17-8-4-2-6-15(17)16-7-3-5-9-18(16)19/h2-9,12,14,19,21,30H,10-11,13H2,1H3,(H,26,34)(H,32,33). The van der Waals surface area contributed by atoms with Gasteiger partial charge < -0.3 is 19.8 Å². The highest BCUT2D eigenvalue weighted by molar-refractivity contribution is 6.02. The van der Waals surface area contributed by atoms with E-state index in [9.17, 15) is 24.6 Å². The highest BCUT2D eigenvalue weighted by Crippen LogP contribution is 2.44. The number of carboxylic acids is 1. The number of fused-ring (bicyclic) bond motifs is 3. The molecule has 1 saturated heterocycles. The number of aliphatic carboxylic acids is 1. The predicted molar refractivity (Wildman–Crippen MR) is 125 cm³/mol. The van der Waals surface area contributed by atoms with Crippen LogP contribution in [0.2, 0.25) is 0 Å². The van der Waals surface area contributed by atoms with Crippen LogP contribution in [0.1, 0.15) is 34.0 Å². The summed E-state index contributed by atoms with van der Waals surface area (Å²) in [5.41, 5.74) is 4.34. The molecule has 10 nitrogen and oxygen atoms in total. The number of aliphatic hydroxyl groups is 1. The maximum atomic E-state index is 13.0. The van der Waals surface area contributed by atoms with Crippen molar-refractivity contribution in [3.05, 3.63) is 71.5 Å². The largest absolute Gasteiger partial charge is 0.480 e. The number of hydrogen-bond donors (Lipinski definition) is 3. The number of benzene rings is 2. The van der Waals surface area contributed by atoms with Crippen LogP contribution in [0, 0.1) is 0 Å². The molecular formula is C25H24N4O6. The zero-order valence-corrected chi connectivity index (χ0v) is 18.9. The van der Waals surface area contributed by atoms with Crippen LogP contribution in [0.5, 0.6) is 0 Å². The molecule has 0 bridgehead atoms. The molecule has 5 rings (SSSR count). The lowest BCUT2D eigenvalue weighted by atomic mass is 9.98. The maximum Gasteiger partial charge on any atom is 0.411 e. The summed E-state index contributed by atoms with van der Waals surface area (Å²) in [6, 6.07) is 14.8. The Labute approximate surface area is 200 Å². The monoisotopic (exact) mass is 476 g/mol. The summed E-state index contributed by atoms with van der Waals surface area (Å²) in [6.07, 6.45) is -0.326. The first-order valence-electron chi connectivity index (χ1n) is 11.2. The Hall–Kier alpha value is -4.18. The number of aromatic nitrogens is 2. The number of aryl methyl sites for hydroxylation is 1. The summed E-state index contributed by atoms with van der Waals surface area (Å²) in [4.78, 5) is 38.3. The van der Waals surface area contributed by atoms with Crippen molar-refractivity contribution in [3.8, 4) is 11.1 Å². The average molecular weight is 476 g/mol. The van der Waals surface area contributed by atoms with E-state index in [1.165, 1.54) is 10.9 Å². The third-order valence-corrected chi connectivity index (χ3v) is 6.44. The third-order valence-electron chi connectivity index (χ3n) is 6.44. The highest BCUT2D eigenvalue weighted by atomic mass is 16.5. The van der Waals surface area contributed by atoms with Gasteiger partial charge in [-0.15, -0.1) is 0 Å². The van der Waals surface area contributed by atoms with Gasteiger partial charge in [0.25, 0.3) is 5.91 Å². The Kier molecular flexibility index (Phi) is 5.73. The van der Waals surface area contributed by atoms with E-state index in [0.717, 1.165) is 27.2 Å². The molecule has 0 spiro atoms. The molecule has 2 amide bonds. The van der Waals surface area contributed by atoms with E-state index in [2.05, 4.69) is 10.4 Å². The lowest BCUT2D eigenvalue weighted by molar-refractivity contribution is -0.141. The molecule has 1 aliphatic carbocycles. The van der Waals surface area contributed by atoms with Crippen molar-refractivity contribution < 1.29 is 29.3 Å². The SMILES string of the molecule is Cn1cc(NC(=O)OCC2c3ccccc3-c3ccccc32)c(C(=O)N2CC(O)CC2C(=O)O)n1. The molecule has 10 heteroatoms. The number of likely N-dealkylation sites (tertiary alicyclic amines) is 1. The van der Waals surface area contributed by atoms with Gasteiger partial charge in [-0.1, -0.05) is 48.5 Å². The van der Waals surface area contributed by atoms with Crippen LogP contribution >= 0.6 is 0 Å². The summed E-state index contributed by atoms with van der Waals surface area (Å²) < 4.78 is 6.89. The summed E-state index contributed by atoms with van der Waals surface area (Å²) in [6.45, 7) is -0.0282. The minimum absolute atomic E-state index is 0.0664. The second-order valence-electron chi connectivity index (χ2n) is 8.72. The van der Waals surface area contributed by atoms with E-state index in [-0.39, 0.29) is 36.9 Å². The van der Waals surface area contributed by atoms with Crippen LogP contribution in [0.25, 0.3) is 11.1 Å². The lowest BCUT2D eigenvalue weighted by Gasteiger charge is -2.20. The van der Waals surface area contributed by atoms with Crippen LogP contribution in [0.3, 0.4) is 0 Å². The molecule has 2 heterocycles. The van der Waals surface area contributed by atoms with Crippen molar-refractivity contribution in [3.63, 3.8) is 0 Å².